The van der Waals surface area contributed by atoms with Crippen molar-refractivity contribution < 1.29 is 9.47 Å². The van der Waals surface area contributed by atoms with Crippen molar-refractivity contribution >= 4 is 15.9 Å². The van der Waals surface area contributed by atoms with Gasteiger partial charge in [-0.2, -0.15) is 0 Å². The molecule has 0 aliphatic carbocycles. The van der Waals surface area contributed by atoms with E-state index in [4.69, 9.17) is 9.47 Å². The fraction of sp³-hybridized carbons (Fsp3) is 0.625. The minimum absolute atomic E-state index is 0.553. The van der Waals surface area contributed by atoms with Crippen LogP contribution in [0.2, 0.25) is 0 Å². The van der Waals surface area contributed by atoms with E-state index in [0.717, 1.165) is 37.2 Å². The minimum Gasteiger partial charge on any atom is -0.385 e. The summed E-state index contributed by atoms with van der Waals surface area (Å²) in [6.07, 6.45) is 3.51. The maximum atomic E-state index is 5.12. The first kappa shape index (κ1) is 17.6. The number of rotatable bonds is 11. The van der Waals surface area contributed by atoms with Crippen LogP contribution in [0.5, 0.6) is 0 Å². The van der Waals surface area contributed by atoms with Crippen LogP contribution in [0.25, 0.3) is 0 Å². The van der Waals surface area contributed by atoms with Crippen molar-refractivity contribution in [1.82, 2.24) is 5.32 Å². The Morgan fingerprint density at radius 1 is 1.05 bits per heavy atom. The molecular weight excluding hydrogens is 318 g/mol. The normalized spacial score (nSPS) is 12.6. The van der Waals surface area contributed by atoms with E-state index >= 15 is 0 Å². The fourth-order valence-electron chi connectivity index (χ4n) is 2.21. The van der Waals surface area contributed by atoms with E-state index in [0.29, 0.717) is 5.92 Å². The number of halogens is 1. The molecule has 4 heteroatoms. The zero-order chi connectivity index (χ0) is 14.6. The average molecular weight is 344 g/mol. The summed E-state index contributed by atoms with van der Waals surface area (Å²) in [4.78, 5) is 0. The topological polar surface area (TPSA) is 30.5 Å². The van der Waals surface area contributed by atoms with Gasteiger partial charge in [-0.25, -0.2) is 0 Å². The lowest BCUT2D eigenvalue weighted by atomic mass is 9.93. The van der Waals surface area contributed by atoms with Crippen molar-refractivity contribution in [3.63, 3.8) is 0 Å². The molecule has 0 bridgehead atoms. The second kappa shape index (κ2) is 11.3. The molecule has 0 heterocycles. The fourth-order valence-corrected chi connectivity index (χ4v) is 2.47. The van der Waals surface area contributed by atoms with Gasteiger partial charge in [0.15, 0.2) is 0 Å². The van der Waals surface area contributed by atoms with E-state index in [1.807, 2.05) is 0 Å². The summed E-state index contributed by atoms with van der Waals surface area (Å²) < 4.78 is 11.3. The van der Waals surface area contributed by atoms with Crippen LogP contribution < -0.4 is 5.32 Å². The molecule has 0 spiro atoms. The van der Waals surface area contributed by atoms with Crippen LogP contribution in [-0.4, -0.2) is 40.5 Å². The number of unbranched alkanes of at least 4 members (excludes halogenated alkanes) is 1. The van der Waals surface area contributed by atoms with Crippen molar-refractivity contribution in [3.8, 4) is 0 Å². The van der Waals surface area contributed by atoms with Crippen molar-refractivity contribution in [2.24, 2.45) is 0 Å². The lowest BCUT2D eigenvalue weighted by molar-refractivity contribution is 0.190. The van der Waals surface area contributed by atoms with Crippen LogP contribution in [0, 0.1) is 0 Å². The van der Waals surface area contributed by atoms with Gasteiger partial charge in [0.05, 0.1) is 6.61 Å². The zero-order valence-electron chi connectivity index (χ0n) is 12.5. The SMILES string of the molecule is COCCCCC(CNCCOC)c1ccc(Br)cc1. The highest BCUT2D eigenvalue weighted by Crippen LogP contribution is 2.23. The number of hydrogen-bond donors (Lipinski definition) is 1. The van der Waals surface area contributed by atoms with E-state index in [1.165, 1.54) is 18.4 Å². The number of ether oxygens (including phenoxy) is 2. The van der Waals surface area contributed by atoms with E-state index in [9.17, 15) is 0 Å². The predicted molar refractivity (Wildman–Crippen MR) is 87.4 cm³/mol. The maximum absolute atomic E-state index is 5.12. The Hall–Kier alpha value is -0.420. The van der Waals surface area contributed by atoms with E-state index in [2.05, 4.69) is 45.5 Å². The second-order valence-electron chi connectivity index (χ2n) is 4.93. The highest BCUT2D eigenvalue weighted by Gasteiger charge is 2.11. The quantitative estimate of drug-likeness (QED) is 0.623. The summed E-state index contributed by atoms with van der Waals surface area (Å²) in [6.45, 7) is 3.51. The average Bonchev–Trinajstić information content (AvgIpc) is 2.47. The molecule has 0 amide bonds. The lowest BCUT2D eigenvalue weighted by Gasteiger charge is -2.18. The summed E-state index contributed by atoms with van der Waals surface area (Å²) in [5.41, 5.74) is 1.40. The number of nitrogens with one attached hydrogen (secondary N) is 1. The van der Waals surface area contributed by atoms with Crippen LogP contribution in [-0.2, 0) is 9.47 Å². The predicted octanol–water partition coefficient (Wildman–Crippen LogP) is 3.59. The molecule has 0 radical (unpaired) electrons. The van der Waals surface area contributed by atoms with Crippen molar-refractivity contribution in [1.29, 1.82) is 0 Å². The Balaban J connectivity index is 2.47. The molecule has 0 saturated heterocycles. The van der Waals surface area contributed by atoms with Gasteiger partial charge >= 0.3 is 0 Å². The molecule has 1 N–H and O–H groups in total. The summed E-state index contributed by atoms with van der Waals surface area (Å²) in [7, 11) is 3.50. The van der Waals surface area contributed by atoms with Gasteiger partial charge in [-0.05, 0) is 36.5 Å². The van der Waals surface area contributed by atoms with Crippen molar-refractivity contribution in [3.05, 3.63) is 34.3 Å². The lowest BCUT2D eigenvalue weighted by Crippen LogP contribution is -2.25. The molecule has 3 nitrogen and oxygen atoms in total. The third-order valence-corrected chi connectivity index (χ3v) is 3.89. The number of hydrogen-bond acceptors (Lipinski definition) is 3. The summed E-state index contributed by atoms with van der Waals surface area (Å²) in [5.74, 6) is 0.553. The molecule has 114 valence electrons. The van der Waals surface area contributed by atoms with Crippen LogP contribution in [0.3, 0.4) is 0 Å². The number of methoxy groups -OCH3 is 2. The van der Waals surface area contributed by atoms with Gasteiger partial charge in [-0.1, -0.05) is 34.5 Å². The Labute approximate surface area is 131 Å². The first-order valence-electron chi connectivity index (χ1n) is 7.22. The van der Waals surface area contributed by atoms with Crippen LogP contribution in [0.15, 0.2) is 28.7 Å². The van der Waals surface area contributed by atoms with Crippen LogP contribution in [0.1, 0.15) is 30.7 Å². The second-order valence-corrected chi connectivity index (χ2v) is 5.85. The van der Waals surface area contributed by atoms with E-state index < -0.39 is 0 Å². The molecule has 1 rings (SSSR count). The van der Waals surface area contributed by atoms with Gasteiger partial charge in [-0.15, -0.1) is 0 Å². The van der Waals surface area contributed by atoms with Gasteiger partial charge in [0.1, 0.15) is 0 Å². The Morgan fingerprint density at radius 3 is 2.40 bits per heavy atom. The van der Waals surface area contributed by atoms with Crippen LogP contribution in [0.4, 0.5) is 0 Å². The van der Waals surface area contributed by atoms with Gasteiger partial charge in [0, 0.05) is 38.4 Å². The zero-order valence-corrected chi connectivity index (χ0v) is 14.1. The first-order chi connectivity index (χ1) is 9.77. The monoisotopic (exact) mass is 343 g/mol. The van der Waals surface area contributed by atoms with Crippen molar-refractivity contribution in [2.45, 2.75) is 25.2 Å². The molecular formula is C16H26BrNO2. The molecule has 1 atom stereocenters. The Kier molecular flexibility index (Phi) is 9.93. The number of benzene rings is 1. The van der Waals surface area contributed by atoms with Gasteiger partial charge in [0.25, 0.3) is 0 Å². The molecule has 0 aliphatic rings. The molecule has 0 aliphatic heterocycles. The third kappa shape index (κ3) is 7.39. The van der Waals surface area contributed by atoms with Gasteiger partial charge in [0.2, 0.25) is 0 Å². The summed E-state index contributed by atoms with van der Waals surface area (Å²) in [5, 5.41) is 3.47. The minimum atomic E-state index is 0.553. The standard InChI is InChI=1S/C16H26BrNO2/c1-19-11-4-3-5-15(13-18-10-12-20-2)14-6-8-16(17)9-7-14/h6-9,15,18H,3-5,10-13H2,1-2H3. The Bertz CT molecular complexity index is 331. The maximum Gasteiger partial charge on any atom is 0.0587 e. The van der Waals surface area contributed by atoms with Gasteiger partial charge in [-0.3, -0.25) is 0 Å². The summed E-state index contributed by atoms with van der Waals surface area (Å²) in [6, 6.07) is 8.66. The molecule has 0 aromatic heterocycles. The van der Waals surface area contributed by atoms with Gasteiger partial charge < -0.3 is 14.8 Å². The summed E-state index contributed by atoms with van der Waals surface area (Å²) >= 11 is 3.49. The van der Waals surface area contributed by atoms with E-state index in [-0.39, 0.29) is 0 Å². The largest absolute Gasteiger partial charge is 0.385 e. The molecule has 20 heavy (non-hydrogen) atoms. The smallest absolute Gasteiger partial charge is 0.0587 e. The van der Waals surface area contributed by atoms with E-state index in [1.54, 1.807) is 14.2 Å². The first-order valence-corrected chi connectivity index (χ1v) is 8.01. The molecule has 0 saturated carbocycles. The molecule has 1 aromatic carbocycles. The van der Waals surface area contributed by atoms with Crippen LogP contribution >= 0.6 is 15.9 Å². The highest BCUT2D eigenvalue weighted by molar-refractivity contribution is 9.10. The Morgan fingerprint density at radius 2 is 1.75 bits per heavy atom. The molecule has 1 unspecified atom stereocenters. The third-order valence-electron chi connectivity index (χ3n) is 3.37. The highest BCUT2D eigenvalue weighted by atomic mass is 79.9. The van der Waals surface area contributed by atoms with Crippen molar-refractivity contribution in [2.75, 3.05) is 40.5 Å². The molecule has 1 aromatic rings. The molecule has 0 fully saturated rings.